The lowest BCUT2D eigenvalue weighted by Gasteiger charge is -2.17. The molecule has 126 valence electrons. The summed E-state index contributed by atoms with van der Waals surface area (Å²) in [6.07, 6.45) is 4.02. The van der Waals surface area contributed by atoms with E-state index in [-0.39, 0.29) is 24.3 Å². The number of hydrogen-bond donors (Lipinski definition) is 1. The lowest BCUT2D eigenvalue weighted by atomic mass is 10.3. The minimum atomic E-state index is -0.262. The van der Waals surface area contributed by atoms with Crippen LogP contribution in [0.5, 0.6) is 5.75 Å². The maximum absolute atomic E-state index is 12.2. The van der Waals surface area contributed by atoms with Gasteiger partial charge < -0.3 is 19.4 Å². The van der Waals surface area contributed by atoms with Gasteiger partial charge in [-0.2, -0.15) is 0 Å². The molecule has 2 aromatic rings. The van der Waals surface area contributed by atoms with E-state index in [1.807, 2.05) is 0 Å². The number of furan rings is 1. The van der Waals surface area contributed by atoms with Gasteiger partial charge in [0.1, 0.15) is 23.3 Å². The second kappa shape index (κ2) is 7.16. The van der Waals surface area contributed by atoms with Gasteiger partial charge in [0.25, 0.3) is 5.91 Å². The highest BCUT2D eigenvalue weighted by Crippen LogP contribution is 2.19. The molecule has 2 amide bonds. The Hall–Kier alpha value is -2.83. The van der Waals surface area contributed by atoms with Crippen molar-refractivity contribution in [2.45, 2.75) is 18.9 Å². The van der Waals surface area contributed by atoms with Gasteiger partial charge in [-0.05, 0) is 18.2 Å². The number of hydrogen-bond acceptors (Lipinski definition) is 5. The topological polar surface area (TPSA) is 84.7 Å². The summed E-state index contributed by atoms with van der Waals surface area (Å²) in [5.41, 5.74) is 0.304. The van der Waals surface area contributed by atoms with Crippen LogP contribution in [0.3, 0.4) is 0 Å². The van der Waals surface area contributed by atoms with Crippen molar-refractivity contribution in [3.8, 4) is 5.75 Å². The molecule has 1 saturated heterocycles. The summed E-state index contributed by atoms with van der Waals surface area (Å²) in [4.78, 5) is 29.6. The Morgan fingerprint density at radius 3 is 3.08 bits per heavy atom. The third-order valence-electron chi connectivity index (χ3n) is 3.90. The van der Waals surface area contributed by atoms with Crippen molar-refractivity contribution >= 4 is 11.8 Å². The van der Waals surface area contributed by atoms with E-state index in [4.69, 9.17) is 9.15 Å². The van der Waals surface area contributed by atoms with E-state index in [0.717, 1.165) is 6.42 Å². The number of pyridine rings is 1. The average molecular weight is 329 g/mol. The third kappa shape index (κ3) is 3.73. The van der Waals surface area contributed by atoms with E-state index < -0.39 is 0 Å². The number of nitrogens with zero attached hydrogens (tertiary/aromatic N) is 2. The second-order valence-corrected chi connectivity index (χ2v) is 5.58. The first kappa shape index (κ1) is 16.0. The number of amides is 2. The summed E-state index contributed by atoms with van der Waals surface area (Å²) in [5, 5.41) is 2.53. The van der Waals surface area contributed by atoms with Crippen molar-refractivity contribution < 1.29 is 18.7 Å². The van der Waals surface area contributed by atoms with Gasteiger partial charge >= 0.3 is 0 Å². The molecule has 24 heavy (non-hydrogen) atoms. The summed E-state index contributed by atoms with van der Waals surface area (Å²) in [6, 6.07) is 6.87. The minimum absolute atomic E-state index is 0.0248. The lowest BCUT2D eigenvalue weighted by Crippen LogP contribution is -2.32. The average Bonchev–Trinajstić information content (AvgIpc) is 3.26. The van der Waals surface area contributed by atoms with Crippen molar-refractivity contribution in [1.29, 1.82) is 0 Å². The number of nitrogens with one attached hydrogen (secondary N) is 1. The Morgan fingerprint density at radius 1 is 1.46 bits per heavy atom. The molecule has 0 aromatic carbocycles. The molecule has 7 nitrogen and oxygen atoms in total. The molecule has 1 fully saturated rings. The first-order valence-corrected chi connectivity index (χ1v) is 7.80. The molecule has 7 heteroatoms. The van der Waals surface area contributed by atoms with Gasteiger partial charge in [0.2, 0.25) is 5.91 Å². The minimum Gasteiger partial charge on any atom is -0.488 e. The standard InChI is InChI=1S/C17H19N3O4/c1-18-17(22)15-9-13(4-6-19-15)24-14-5-7-20(11-14)16(21)10-12-3-2-8-23-12/h2-4,6,8-9,14H,5,7,10-11H2,1H3,(H,18,22). The zero-order chi connectivity index (χ0) is 16.9. The SMILES string of the molecule is CNC(=O)c1cc(OC2CCN(C(=O)Cc3ccco3)C2)ccn1. The predicted molar refractivity (Wildman–Crippen MR) is 85.7 cm³/mol. The molecule has 3 heterocycles. The largest absolute Gasteiger partial charge is 0.488 e. The van der Waals surface area contributed by atoms with Gasteiger partial charge in [-0.25, -0.2) is 0 Å². The fraction of sp³-hybridized carbons (Fsp3) is 0.353. The van der Waals surface area contributed by atoms with Crippen molar-refractivity contribution in [1.82, 2.24) is 15.2 Å². The molecule has 0 aliphatic carbocycles. The van der Waals surface area contributed by atoms with Crippen LogP contribution in [0.4, 0.5) is 0 Å². The van der Waals surface area contributed by atoms with Gasteiger partial charge in [-0.1, -0.05) is 0 Å². The summed E-state index contributed by atoms with van der Waals surface area (Å²) in [5.74, 6) is 1.00. The quantitative estimate of drug-likeness (QED) is 0.892. The zero-order valence-corrected chi connectivity index (χ0v) is 13.4. The second-order valence-electron chi connectivity index (χ2n) is 5.58. The molecule has 0 bridgehead atoms. The zero-order valence-electron chi connectivity index (χ0n) is 13.4. The monoisotopic (exact) mass is 329 g/mol. The maximum atomic E-state index is 12.2. The smallest absolute Gasteiger partial charge is 0.269 e. The normalized spacial score (nSPS) is 16.9. The first-order valence-electron chi connectivity index (χ1n) is 7.80. The Labute approximate surface area is 139 Å². The molecular weight excluding hydrogens is 310 g/mol. The Bertz CT molecular complexity index is 714. The van der Waals surface area contributed by atoms with Gasteiger partial charge in [-0.15, -0.1) is 0 Å². The van der Waals surface area contributed by atoms with Gasteiger partial charge in [0.05, 0.1) is 19.2 Å². The number of carbonyl (C=O) groups excluding carboxylic acids is 2. The third-order valence-corrected chi connectivity index (χ3v) is 3.90. The van der Waals surface area contributed by atoms with E-state index in [1.165, 1.54) is 6.20 Å². The van der Waals surface area contributed by atoms with Crippen LogP contribution in [0.15, 0.2) is 41.1 Å². The highest BCUT2D eigenvalue weighted by molar-refractivity contribution is 5.92. The van der Waals surface area contributed by atoms with E-state index in [0.29, 0.717) is 30.3 Å². The maximum Gasteiger partial charge on any atom is 0.269 e. The van der Waals surface area contributed by atoms with Crippen LogP contribution in [0, 0.1) is 0 Å². The first-order chi connectivity index (χ1) is 11.7. The van der Waals surface area contributed by atoms with E-state index in [9.17, 15) is 9.59 Å². The summed E-state index contributed by atoms with van der Waals surface area (Å²) in [6.45, 7) is 1.18. The van der Waals surface area contributed by atoms with Gasteiger partial charge in [0, 0.05) is 32.3 Å². The molecular formula is C17H19N3O4. The Kier molecular flexibility index (Phi) is 4.79. The van der Waals surface area contributed by atoms with Crippen molar-refractivity contribution in [3.63, 3.8) is 0 Å². The molecule has 1 aliphatic rings. The highest BCUT2D eigenvalue weighted by atomic mass is 16.5. The van der Waals surface area contributed by atoms with E-state index >= 15 is 0 Å². The van der Waals surface area contributed by atoms with Crippen LogP contribution in [-0.4, -0.2) is 47.9 Å². The van der Waals surface area contributed by atoms with Crippen LogP contribution >= 0.6 is 0 Å². The number of ether oxygens (including phenoxy) is 1. The molecule has 0 radical (unpaired) electrons. The van der Waals surface area contributed by atoms with E-state index in [1.54, 1.807) is 42.5 Å². The molecule has 1 unspecified atom stereocenters. The molecule has 3 rings (SSSR count). The summed E-state index contributed by atoms with van der Waals surface area (Å²) >= 11 is 0. The number of aromatic nitrogens is 1. The molecule has 2 aromatic heterocycles. The van der Waals surface area contributed by atoms with Gasteiger partial charge in [-0.3, -0.25) is 14.6 Å². The van der Waals surface area contributed by atoms with Crippen LogP contribution in [0.1, 0.15) is 22.7 Å². The number of rotatable bonds is 5. The van der Waals surface area contributed by atoms with Crippen molar-refractivity contribution in [2.24, 2.45) is 0 Å². The van der Waals surface area contributed by atoms with Crippen LogP contribution < -0.4 is 10.1 Å². The summed E-state index contributed by atoms with van der Waals surface area (Å²) in [7, 11) is 1.55. The van der Waals surface area contributed by atoms with E-state index in [2.05, 4.69) is 10.3 Å². The highest BCUT2D eigenvalue weighted by Gasteiger charge is 2.28. The van der Waals surface area contributed by atoms with Gasteiger partial charge in [0.15, 0.2) is 0 Å². The molecule has 1 N–H and O–H groups in total. The Morgan fingerprint density at radius 2 is 2.33 bits per heavy atom. The van der Waals surface area contributed by atoms with Crippen LogP contribution in [0.25, 0.3) is 0 Å². The number of carbonyl (C=O) groups is 2. The molecule has 0 spiro atoms. The Balaban J connectivity index is 1.56. The van der Waals surface area contributed by atoms with Crippen molar-refractivity contribution in [2.75, 3.05) is 20.1 Å². The fourth-order valence-electron chi connectivity index (χ4n) is 2.65. The van der Waals surface area contributed by atoms with Crippen LogP contribution in [-0.2, 0) is 11.2 Å². The number of likely N-dealkylation sites (tertiary alicyclic amines) is 1. The predicted octanol–water partition coefficient (Wildman–Crippen LogP) is 1.26. The molecule has 1 atom stereocenters. The summed E-state index contributed by atoms with van der Waals surface area (Å²) < 4.78 is 11.1. The van der Waals surface area contributed by atoms with Crippen LogP contribution in [0.2, 0.25) is 0 Å². The fourth-order valence-corrected chi connectivity index (χ4v) is 2.65. The molecule has 1 aliphatic heterocycles. The van der Waals surface area contributed by atoms with Crippen molar-refractivity contribution in [3.05, 3.63) is 48.2 Å². The molecule has 0 saturated carbocycles. The lowest BCUT2D eigenvalue weighted by molar-refractivity contribution is -0.129.